The lowest BCUT2D eigenvalue weighted by Crippen LogP contribution is -2.32. The summed E-state index contributed by atoms with van der Waals surface area (Å²) in [6.45, 7) is 6.27. The number of carbonyl (C=O) groups is 2. The van der Waals surface area contributed by atoms with E-state index in [9.17, 15) is 14.7 Å². The standard InChI is InChI=1S/C33H38N2O5/c1-5-21-39-27-15-11-24(12-16-27)30-29(32(37)33(38)35(30)20-8-19-34(3)4)31(36)25-13-17-28(18-14-25)40-22-26-10-7-6-9-23(26)2/h6-7,9-18,30,36H,5,8,19-22H2,1-4H3. The highest BCUT2D eigenvalue weighted by molar-refractivity contribution is 6.46. The van der Waals surface area contributed by atoms with Crippen LogP contribution in [0.4, 0.5) is 0 Å². The first-order valence-electron chi connectivity index (χ1n) is 13.7. The van der Waals surface area contributed by atoms with E-state index in [0.717, 1.165) is 35.4 Å². The minimum atomic E-state index is -0.695. The Morgan fingerprint density at radius 2 is 1.57 bits per heavy atom. The number of aliphatic hydroxyl groups is 1. The van der Waals surface area contributed by atoms with Gasteiger partial charge in [0.2, 0.25) is 0 Å². The van der Waals surface area contributed by atoms with Crippen LogP contribution in [-0.2, 0) is 16.2 Å². The van der Waals surface area contributed by atoms with Gasteiger partial charge in [0.1, 0.15) is 23.9 Å². The summed E-state index contributed by atoms with van der Waals surface area (Å²) in [4.78, 5) is 30.1. The molecular weight excluding hydrogens is 504 g/mol. The van der Waals surface area contributed by atoms with Gasteiger partial charge in [0.15, 0.2) is 0 Å². The zero-order chi connectivity index (χ0) is 28.6. The van der Waals surface area contributed by atoms with Gasteiger partial charge in [-0.15, -0.1) is 0 Å². The summed E-state index contributed by atoms with van der Waals surface area (Å²) in [6, 6.07) is 21.7. The third-order valence-corrected chi connectivity index (χ3v) is 7.00. The molecule has 1 amide bonds. The van der Waals surface area contributed by atoms with Crippen LogP contribution in [0.15, 0.2) is 78.4 Å². The Labute approximate surface area is 236 Å². The molecule has 4 rings (SSSR count). The smallest absolute Gasteiger partial charge is 0.295 e. The lowest BCUT2D eigenvalue weighted by Gasteiger charge is -2.26. The maximum Gasteiger partial charge on any atom is 0.295 e. The van der Waals surface area contributed by atoms with Gasteiger partial charge in [-0.05, 0) is 93.5 Å². The highest BCUT2D eigenvalue weighted by atomic mass is 16.5. The zero-order valence-electron chi connectivity index (χ0n) is 23.7. The highest BCUT2D eigenvalue weighted by Crippen LogP contribution is 2.40. The van der Waals surface area contributed by atoms with Crippen molar-refractivity contribution in [2.45, 2.75) is 39.3 Å². The SMILES string of the molecule is CCCOc1ccc(C2C(=C(O)c3ccc(OCc4ccccc4C)cc3)C(=O)C(=O)N2CCCN(C)C)cc1. The lowest BCUT2D eigenvalue weighted by molar-refractivity contribution is -0.139. The molecule has 7 heteroatoms. The fourth-order valence-corrected chi connectivity index (χ4v) is 4.78. The van der Waals surface area contributed by atoms with Gasteiger partial charge in [-0.1, -0.05) is 43.3 Å². The van der Waals surface area contributed by atoms with Gasteiger partial charge in [-0.3, -0.25) is 9.59 Å². The number of aryl methyl sites for hydroxylation is 1. The molecule has 0 bridgehead atoms. The molecule has 0 aliphatic carbocycles. The molecule has 40 heavy (non-hydrogen) atoms. The number of nitrogens with zero attached hydrogens (tertiary/aromatic N) is 2. The third-order valence-electron chi connectivity index (χ3n) is 7.00. The first-order chi connectivity index (χ1) is 19.3. The van der Waals surface area contributed by atoms with Crippen molar-refractivity contribution >= 4 is 17.4 Å². The number of Topliss-reactive ketones (excluding diaryl/α,β-unsaturated/α-hetero) is 1. The second-order valence-corrected chi connectivity index (χ2v) is 10.3. The van der Waals surface area contributed by atoms with E-state index < -0.39 is 17.7 Å². The second kappa shape index (κ2) is 13.3. The maximum atomic E-state index is 13.3. The maximum absolute atomic E-state index is 13.3. The van der Waals surface area contributed by atoms with Crippen molar-refractivity contribution in [3.63, 3.8) is 0 Å². The van der Waals surface area contributed by atoms with Crippen molar-refractivity contribution in [3.8, 4) is 11.5 Å². The minimum Gasteiger partial charge on any atom is -0.507 e. The van der Waals surface area contributed by atoms with Crippen LogP contribution in [-0.4, -0.2) is 60.4 Å². The van der Waals surface area contributed by atoms with E-state index in [1.54, 1.807) is 29.2 Å². The first-order valence-corrected chi connectivity index (χ1v) is 13.7. The highest BCUT2D eigenvalue weighted by Gasteiger charge is 2.45. The van der Waals surface area contributed by atoms with E-state index in [1.807, 2.05) is 81.4 Å². The van der Waals surface area contributed by atoms with Gasteiger partial charge in [0.25, 0.3) is 11.7 Å². The number of hydrogen-bond donors (Lipinski definition) is 1. The van der Waals surface area contributed by atoms with Crippen molar-refractivity contribution in [2.24, 2.45) is 0 Å². The minimum absolute atomic E-state index is 0.0886. The van der Waals surface area contributed by atoms with Crippen molar-refractivity contribution in [1.29, 1.82) is 0 Å². The molecule has 0 spiro atoms. The van der Waals surface area contributed by atoms with Crippen LogP contribution >= 0.6 is 0 Å². The summed E-state index contributed by atoms with van der Waals surface area (Å²) in [7, 11) is 3.93. The molecular formula is C33H38N2O5. The second-order valence-electron chi connectivity index (χ2n) is 10.3. The number of likely N-dealkylation sites (tertiary alicyclic amines) is 1. The fourth-order valence-electron chi connectivity index (χ4n) is 4.78. The molecule has 0 radical (unpaired) electrons. The van der Waals surface area contributed by atoms with Crippen LogP contribution in [0.5, 0.6) is 11.5 Å². The first kappa shape index (κ1) is 28.9. The number of carbonyl (C=O) groups excluding carboxylic acids is 2. The van der Waals surface area contributed by atoms with E-state index in [1.165, 1.54) is 0 Å². The summed E-state index contributed by atoms with van der Waals surface area (Å²) < 4.78 is 11.7. The van der Waals surface area contributed by atoms with Gasteiger partial charge < -0.3 is 24.4 Å². The van der Waals surface area contributed by atoms with Crippen LogP contribution < -0.4 is 9.47 Å². The summed E-state index contributed by atoms with van der Waals surface area (Å²) in [6.07, 6.45) is 1.59. The van der Waals surface area contributed by atoms with E-state index >= 15 is 0 Å². The Morgan fingerprint density at radius 3 is 2.23 bits per heavy atom. The van der Waals surface area contributed by atoms with Crippen molar-refractivity contribution in [3.05, 3.63) is 101 Å². The summed E-state index contributed by atoms with van der Waals surface area (Å²) >= 11 is 0. The van der Waals surface area contributed by atoms with Gasteiger partial charge in [0, 0.05) is 12.1 Å². The summed E-state index contributed by atoms with van der Waals surface area (Å²) in [5, 5.41) is 11.4. The molecule has 0 saturated carbocycles. The Balaban J connectivity index is 1.63. The molecule has 210 valence electrons. The predicted molar refractivity (Wildman–Crippen MR) is 156 cm³/mol. The molecule has 1 aliphatic rings. The monoisotopic (exact) mass is 542 g/mol. The number of hydrogen-bond acceptors (Lipinski definition) is 6. The zero-order valence-corrected chi connectivity index (χ0v) is 23.7. The average Bonchev–Trinajstić information content (AvgIpc) is 3.20. The van der Waals surface area contributed by atoms with Gasteiger partial charge >= 0.3 is 0 Å². The number of ether oxygens (including phenoxy) is 2. The summed E-state index contributed by atoms with van der Waals surface area (Å²) in [5.74, 6) is -0.122. The molecule has 3 aromatic rings. The molecule has 3 aromatic carbocycles. The van der Waals surface area contributed by atoms with Crippen LogP contribution in [0.3, 0.4) is 0 Å². The van der Waals surface area contributed by atoms with Crippen molar-refractivity contribution < 1.29 is 24.2 Å². The van der Waals surface area contributed by atoms with Crippen LogP contribution in [0.1, 0.15) is 48.1 Å². The molecule has 1 fully saturated rings. The fraction of sp³-hybridized carbons (Fsp3) is 0.333. The van der Waals surface area contributed by atoms with Gasteiger partial charge in [-0.25, -0.2) is 0 Å². The lowest BCUT2D eigenvalue weighted by atomic mass is 9.95. The van der Waals surface area contributed by atoms with Crippen molar-refractivity contribution in [1.82, 2.24) is 9.80 Å². The molecule has 1 aliphatic heterocycles. The molecule has 1 saturated heterocycles. The van der Waals surface area contributed by atoms with Crippen molar-refractivity contribution in [2.75, 3.05) is 33.8 Å². The number of benzene rings is 3. The Morgan fingerprint density at radius 1 is 0.925 bits per heavy atom. The number of aliphatic hydroxyl groups excluding tert-OH is 1. The van der Waals surface area contributed by atoms with Crippen LogP contribution in [0, 0.1) is 6.92 Å². The molecule has 7 nitrogen and oxygen atoms in total. The summed E-state index contributed by atoms with van der Waals surface area (Å²) in [5.41, 5.74) is 3.52. The van der Waals surface area contributed by atoms with E-state index in [2.05, 4.69) is 0 Å². The number of ketones is 1. The molecule has 1 unspecified atom stereocenters. The van der Waals surface area contributed by atoms with E-state index in [-0.39, 0.29) is 11.3 Å². The average molecular weight is 543 g/mol. The molecule has 0 aromatic heterocycles. The largest absolute Gasteiger partial charge is 0.507 e. The van der Waals surface area contributed by atoms with Crippen LogP contribution in [0.25, 0.3) is 5.76 Å². The molecule has 1 atom stereocenters. The van der Waals surface area contributed by atoms with E-state index in [0.29, 0.717) is 37.5 Å². The van der Waals surface area contributed by atoms with Crippen LogP contribution in [0.2, 0.25) is 0 Å². The normalized spacial score (nSPS) is 16.5. The van der Waals surface area contributed by atoms with Gasteiger partial charge in [0.05, 0.1) is 18.2 Å². The molecule has 1 N–H and O–H groups in total. The predicted octanol–water partition coefficient (Wildman–Crippen LogP) is 5.74. The Kier molecular flexibility index (Phi) is 9.61. The topological polar surface area (TPSA) is 79.3 Å². The Bertz CT molecular complexity index is 1350. The van der Waals surface area contributed by atoms with Gasteiger partial charge in [-0.2, -0.15) is 0 Å². The van der Waals surface area contributed by atoms with E-state index in [4.69, 9.17) is 9.47 Å². The number of amides is 1. The quantitative estimate of drug-likeness (QED) is 0.179. The third kappa shape index (κ3) is 6.72. The Hall–Kier alpha value is -4.10. The molecule has 1 heterocycles. The number of rotatable bonds is 12.